The quantitative estimate of drug-likeness (QED) is 0.834. The summed E-state index contributed by atoms with van der Waals surface area (Å²) in [6.45, 7) is 1.59. The second-order valence-corrected chi connectivity index (χ2v) is 4.57. The van der Waals surface area contributed by atoms with Crippen molar-refractivity contribution in [2.24, 2.45) is 0 Å². The van der Waals surface area contributed by atoms with E-state index < -0.39 is 29.3 Å². The van der Waals surface area contributed by atoms with Crippen LogP contribution in [0.2, 0.25) is 0 Å². The van der Waals surface area contributed by atoms with Crippen molar-refractivity contribution in [3.8, 4) is 0 Å². The lowest BCUT2D eigenvalue weighted by Gasteiger charge is -2.10. The first-order chi connectivity index (χ1) is 8.49. The molecule has 1 fully saturated rings. The number of alkyl halides is 1. The lowest BCUT2D eigenvalue weighted by molar-refractivity contribution is 0.440. The van der Waals surface area contributed by atoms with Crippen LogP contribution in [0.15, 0.2) is 21.7 Å². The molecule has 1 aliphatic rings. The van der Waals surface area contributed by atoms with Gasteiger partial charge in [-0.15, -0.1) is 0 Å². The van der Waals surface area contributed by atoms with Gasteiger partial charge in [-0.1, -0.05) is 0 Å². The standard InChI is InChI=1S/C12H10F2N2O2/c1-5-2-6(13)3-7-10(5)16(9-4-8(9)14)12(18)15-11(7)17/h2-3,8-9H,4H2,1H3,(H,15,17,18). The van der Waals surface area contributed by atoms with Crippen LogP contribution >= 0.6 is 0 Å². The lowest BCUT2D eigenvalue weighted by atomic mass is 10.1. The number of H-pyrrole nitrogens is 1. The Morgan fingerprint density at radius 2 is 2.06 bits per heavy atom. The second-order valence-electron chi connectivity index (χ2n) is 4.57. The molecular formula is C12H10F2N2O2. The fourth-order valence-electron chi connectivity index (χ4n) is 2.29. The second kappa shape index (κ2) is 3.51. The molecule has 0 amide bonds. The summed E-state index contributed by atoms with van der Waals surface area (Å²) < 4.78 is 27.7. The van der Waals surface area contributed by atoms with Crippen LogP contribution in [0.25, 0.3) is 10.9 Å². The number of aromatic amines is 1. The topological polar surface area (TPSA) is 54.9 Å². The van der Waals surface area contributed by atoms with Gasteiger partial charge in [0.2, 0.25) is 0 Å². The fourth-order valence-corrected chi connectivity index (χ4v) is 2.29. The molecule has 1 aromatic carbocycles. The molecule has 94 valence electrons. The number of fused-ring (bicyclic) bond motifs is 1. The van der Waals surface area contributed by atoms with Crippen LogP contribution < -0.4 is 11.2 Å². The molecule has 0 spiro atoms. The normalized spacial score (nSPS) is 22.4. The summed E-state index contributed by atoms with van der Waals surface area (Å²) in [6.07, 6.45) is -0.834. The number of hydrogen-bond donors (Lipinski definition) is 1. The van der Waals surface area contributed by atoms with E-state index >= 15 is 0 Å². The van der Waals surface area contributed by atoms with Crippen LogP contribution in [0, 0.1) is 12.7 Å². The van der Waals surface area contributed by atoms with Gasteiger partial charge in [0.15, 0.2) is 0 Å². The molecule has 1 aromatic heterocycles. The van der Waals surface area contributed by atoms with Gasteiger partial charge in [-0.25, -0.2) is 13.6 Å². The van der Waals surface area contributed by atoms with Crippen molar-refractivity contribution in [2.75, 3.05) is 0 Å². The number of nitrogens with zero attached hydrogens (tertiary/aromatic N) is 1. The molecule has 18 heavy (non-hydrogen) atoms. The molecule has 1 saturated carbocycles. The van der Waals surface area contributed by atoms with Crippen molar-refractivity contribution in [3.63, 3.8) is 0 Å². The van der Waals surface area contributed by atoms with Gasteiger partial charge in [0.25, 0.3) is 5.56 Å². The first-order valence-electron chi connectivity index (χ1n) is 5.58. The first kappa shape index (κ1) is 11.1. The smallest absolute Gasteiger partial charge is 0.287 e. The molecule has 0 bridgehead atoms. The van der Waals surface area contributed by atoms with Gasteiger partial charge >= 0.3 is 5.69 Å². The average Bonchev–Trinajstić information content (AvgIpc) is 2.97. The third-order valence-electron chi connectivity index (χ3n) is 3.20. The highest BCUT2D eigenvalue weighted by Gasteiger charge is 2.41. The third kappa shape index (κ3) is 1.48. The number of halogens is 2. The van der Waals surface area contributed by atoms with Gasteiger partial charge in [-0.3, -0.25) is 14.3 Å². The Bertz CT molecular complexity index is 763. The number of nitrogens with one attached hydrogen (secondary N) is 1. The number of rotatable bonds is 1. The molecule has 6 heteroatoms. The van der Waals surface area contributed by atoms with E-state index in [2.05, 4.69) is 4.98 Å². The Kier molecular flexibility index (Phi) is 2.17. The minimum atomic E-state index is -1.08. The maximum Gasteiger partial charge on any atom is 0.329 e. The van der Waals surface area contributed by atoms with Crippen molar-refractivity contribution in [1.82, 2.24) is 9.55 Å². The van der Waals surface area contributed by atoms with Crippen LogP contribution in [0.5, 0.6) is 0 Å². The average molecular weight is 252 g/mol. The monoisotopic (exact) mass is 252 g/mol. The molecule has 1 aliphatic carbocycles. The van der Waals surface area contributed by atoms with Crippen LogP contribution in [-0.2, 0) is 0 Å². The third-order valence-corrected chi connectivity index (χ3v) is 3.20. The summed E-state index contributed by atoms with van der Waals surface area (Å²) in [5.74, 6) is -0.553. The molecule has 1 heterocycles. The van der Waals surface area contributed by atoms with E-state index in [9.17, 15) is 18.4 Å². The van der Waals surface area contributed by atoms with Crippen LogP contribution in [0.4, 0.5) is 8.78 Å². The summed E-state index contributed by atoms with van der Waals surface area (Å²) in [6, 6.07) is 1.74. The maximum absolute atomic E-state index is 13.3. The van der Waals surface area contributed by atoms with E-state index in [1.807, 2.05) is 0 Å². The lowest BCUT2D eigenvalue weighted by Crippen LogP contribution is -2.30. The summed E-state index contributed by atoms with van der Waals surface area (Å²) >= 11 is 0. The number of aryl methyl sites for hydroxylation is 1. The zero-order valence-corrected chi connectivity index (χ0v) is 9.54. The molecule has 4 nitrogen and oxygen atoms in total. The molecule has 1 N–H and O–H groups in total. The summed E-state index contributed by atoms with van der Waals surface area (Å²) in [5.41, 5.74) is -0.528. The van der Waals surface area contributed by atoms with Crippen molar-refractivity contribution < 1.29 is 8.78 Å². The van der Waals surface area contributed by atoms with Gasteiger partial charge in [-0.2, -0.15) is 0 Å². The highest BCUT2D eigenvalue weighted by Crippen LogP contribution is 2.39. The van der Waals surface area contributed by atoms with Gasteiger partial charge in [0, 0.05) is 6.42 Å². The molecular weight excluding hydrogens is 242 g/mol. The van der Waals surface area contributed by atoms with Crippen molar-refractivity contribution in [2.45, 2.75) is 25.6 Å². The van der Waals surface area contributed by atoms with Crippen LogP contribution in [0.1, 0.15) is 18.0 Å². The van der Waals surface area contributed by atoms with Crippen LogP contribution in [-0.4, -0.2) is 15.7 Å². The SMILES string of the molecule is Cc1cc(F)cc2c(=O)[nH]c(=O)n(C3CC3F)c12. The van der Waals surface area contributed by atoms with Crippen molar-refractivity contribution in [1.29, 1.82) is 0 Å². The minimum Gasteiger partial charge on any atom is -0.287 e. The van der Waals surface area contributed by atoms with Gasteiger partial charge < -0.3 is 0 Å². The highest BCUT2D eigenvalue weighted by molar-refractivity contribution is 5.81. The number of hydrogen-bond acceptors (Lipinski definition) is 2. The summed E-state index contributed by atoms with van der Waals surface area (Å²) in [5, 5.41) is 0.0752. The molecule has 0 radical (unpaired) electrons. The number of benzene rings is 1. The zero-order valence-electron chi connectivity index (χ0n) is 9.54. The van der Waals surface area contributed by atoms with Gasteiger partial charge in [-0.05, 0) is 24.6 Å². The fraction of sp³-hybridized carbons (Fsp3) is 0.333. The molecule has 0 saturated heterocycles. The summed E-state index contributed by atoms with van der Waals surface area (Å²) in [4.78, 5) is 25.5. The van der Waals surface area contributed by atoms with E-state index in [0.717, 1.165) is 6.07 Å². The largest absolute Gasteiger partial charge is 0.329 e. The van der Waals surface area contributed by atoms with Crippen molar-refractivity contribution >= 4 is 10.9 Å². The predicted molar refractivity (Wildman–Crippen MR) is 62.1 cm³/mol. The molecule has 0 aliphatic heterocycles. The highest BCUT2D eigenvalue weighted by atomic mass is 19.1. The Balaban J connectivity index is 2.49. The van der Waals surface area contributed by atoms with E-state index in [1.165, 1.54) is 10.6 Å². The Labute approximate surface area is 99.9 Å². The Hall–Kier alpha value is -1.98. The first-order valence-corrected chi connectivity index (χ1v) is 5.58. The molecule has 3 rings (SSSR count). The van der Waals surface area contributed by atoms with E-state index in [4.69, 9.17) is 0 Å². The Morgan fingerprint density at radius 1 is 1.39 bits per heavy atom. The zero-order chi connectivity index (χ0) is 13.0. The van der Waals surface area contributed by atoms with Gasteiger partial charge in [0.1, 0.15) is 12.0 Å². The maximum atomic E-state index is 13.3. The molecule has 2 atom stereocenters. The van der Waals surface area contributed by atoms with E-state index in [-0.39, 0.29) is 11.8 Å². The molecule has 2 unspecified atom stereocenters. The Morgan fingerprint density at radius 3 is 2.67 bits per heavy atom. The van der Waals surface area contributed by atoms with E-state index in [1.54, 1.807) is 6.92 Å². The summed E-state index contributed by atoms with van der Waals surface area (Å²) in [7, 11) is 0. The van der Waals surface area contributed by atoms with Crippen molar-refractivity contribution in [3.05, 3.63) is 44.4 Å². The van der Waals surface area contributed by atoms with Crippen LogP contribution in [0.3, 0.4) is 0 Å². The van der Waals surface area contributed by atoms with Gasteiger partial charge in [0.05, 0.1) is 16.9 Å². The minimum absolute atomic E-state index is 0.0752. The predicted octanol–water partition coefficient (Wildman–Crippen LogP) is 1.42. The molecule has 2 aromatic rings. The van der Waals surface area contributed by atoms with E-state index in [0.29, 0.717) is 11.1 Å². The number of aromatic nitrogens is 2.